The molecule has 1 N–H and O–H groups in total. The topological polar surface area (TPSA) is 77.9 Å². The molecule has 3 rings (SSSR count). The maximum absolute atomic E-state index is 11.8. The van der Waals surface area contributed by atoms with Crippen LogP contribution in [-0.4, -0.2) is 37.4 Å². The molecule has 0 aliphatic rings. The van der Waals surface area contributed by atoms with E-state index in [2.05, 4.69) is 4.98 Å². The van der Waals surface area contributed by atoms with E-state index in [0.29, 0.717) is 27.2 Å². The number of rotatable bonds is 7. The summed E-state index contributed by atoms with van der Waals surface area (Å²) in [5.41, 5.74) is 1.42. The van der Waals surface area contributed by atoms with Crippen molar-refractivity contribution in [2.45, 2.75) is 4.34 Å². The summed E-state index contributed by atoms with van der Waals surface area (Å²) in [6.07, 6.45) is 1.54. The van der Waals surface area contributed by atoms with Crippen molar-refractivity contribution in [3.63, 3.8) is 0 Å². The summed E-state index contributed by atoms with van der Waals surface area (Å²) in [4.78, 5) is 16.4. The first-order valence-corrected chi connectivity index (χ1v) is 9.47. The Bertz CT molecular complexity index is 980. The molecule has 27 heavy (non-hydrogen) atoms. The van der Waals surface area contributed by atoms with Crippen LogP contribution in [0, 0.1) is 0 Å². The SMILES string of the molecule is COc1cc(OC)c(OC)cc1/C=C(/Sc1nc2ccccc2s1)C(=O)O. The van der Waals surface area contributed by atoms with Gasteiger partial charge in [0, 0.05) is 11.6 Å². The van der Waals surface area contributed by atoms with Crippen LogP contribution in [0.4, 0.5) is 0 Å². The molecule has 0 fully saturated rings. The zero-order chi connectivity index (χ0) is 19.4. The van der Waals surface area contributed by atoms with E-state index in [1.807, 2.05) is 24.3 Å². The number of carbonyl (C=O) groups is 1. The number of para-hydroxylation sites is 1. The minimum Gasteiger partial charge on any atom is -0.496 e. The molecule has 8 heteroatoms. The molecule has 0 bridgehead atoms. The Kier molecular flexibility index (Phi) is 5.88. The van der Waals surface area contributed by atoms with Gasteiger partial charge >= 0.3 is 5.97 Å². The molecular weight excluding hydrogens is 386 g/mol. The maximum atomic E-state index is 11.8. The molecule has 0 amide bonds. The number of nitrogens with zero attached hydrogens (tertiary/aromatic N) is 1. The molecule has 1 heterocycles. The molecule has 0 radical (unpaired) electrons. The summed E-state index contributed by atoms with van der Waals surface area (Å²) < 4.78 is 17.6. The van der Waals surface area contributed by atoms with Gasteiger partial charge in [-0.1, -0.05) is 23.9 Å². The van der Waals surface area contributed by atoms with Crippen LogP contribution in [0.3, 0.4) is 0 Å². The minimum absolute atomic E-state index is 0.125. The molecule has 140 valence electrons. The van der Waals surface area contributed by atoms with E-state index in [1.54, 1.807) is 18.2 Å². The fourth-order valence-electron chi connectivity index (χ4n) is 2.43. The van der Waals surface area contributed by atoms with Crippen LogP contribution in [-0.2, 0) is 4.79 Å². The van der Waals surface area contributed by atoms with E-state index in [-0.39, 0.29) is 4.91 Å². The number of aromatic nitrogens is 1. The first-order valence-electron chi connectivity index (χ1n) is 7.84. The Hall–Kier alpha value is -2.71. The number of aliphatic carboxylic acids is 1. The lowest BCUT2D eigenvalue weighted by Crippen LogP contribution is -1.98. The van der Waals surface area contributed by atoms with Gasteiger partial charge in [-0.3, -0.25) is 0 Å². The number of benzene rings is 2. The van der Waals surface area contributed by atoms with Crippen molar-refractivity contribution < 1.29 is 24.1 Å². The number of fused-ring (bicyclic) bond motifs is 1. The van der Waals surface area contributed by atoms with Gasteiger partial charge in [0.25, 0.3) is 0 Å². The van der Waals surface area contributed by atoms with Crippen LogP contribution >= 0.6 is 23.1 Å². The lowest BCUT2D eigenvalue weighted by Gasteiger charge is -2.12. The number of ether oxygens (including phenoxy) is 3. The van der Waals surface area contributed by atoms with Gasteiger partial charge in [0.2, 0.25) is 0 Å². The number of thiazole rings is 1. The summed E-state index contributed by atoms with van der Waals surface area (Å²) in [5, 5.41) is 9.65. The molecule has 0 saturated carbocycles. The lowest BCUT2D eigenvalue weighted by atomic mass is 10.1. The second kappa shape index (κ2) is 8.32. The molecule has 0 spiro atoms. The number of methoxy groups -OCH3 is 3. The van der Waals surface area contributed by atoms with Gasteiger partial charge in [0.15, 0.2) is 15.8 Å². The zero-order valence-corrected chi connectivity index (χ0v) is 16.5. The highest BCUT2D eigenvalue weighted by atomic mass is 32.2. The molecule has 0 unspecified atom stereocenters. The molecule has 0 saturated heterocycles. The molecular formula is C19H17NO5S2. The van der Waals surface area contributed by atoms with Gasteiger partial charge in [0.1, 0.15) is 10.7 Å². The van der Waals surface area contributed by atoms with Gasteiger partial charge in [-0.2, -0.15) is 0 Å². The fraction of sp³-hybridized carbons (Fsp3) is 0.158. The molecule has 2 aromatic carbocycles. The van der Waals surface area contributed by atoms with E-state index >= 15 is 0 Å². The van der Waals surface area contributed by atoms with Crippen molar-refractivity contribution in [2.24, 2.45) is 0 Å². The van der Waals surface area contributed by atoms with Crippen molar-refractivity contribution in [3.8, 4) is 17.2 Å². The highest BCUT2D eigenvalue weighted by Gasteiger charge is 2.16. The number of thioether (sulfide) groups is 1. The summed E-state index contributed by atoms with van der Waals surface area (Å²) in [7, 11) is 4.56. The average molecular weight is 403 g/mol. The van der Waals surface area contributed by atoms with E-state index < -0.39 is 5.97 Å². The molecule has 1 aromatic heterocycles. The zero-order valence-electron chi connectivity index (χ0n) is 14.9. The predicted molar refractivity (Wildman–Crippen MR) is 107 cm³/mol. The number of carboxylic acid groups (broad SMARTS) is 1. The van der Waals surface area contributed by atoms with Crippen molar-refractivity contribution in [3.05, 3.63) is 46.9 Å². The molecule has 0 aliphatic carbocycles. The van der Waals surface area contributed by atoms with Crippen LogP contribution in [0.15, 0.2) is 45.6 Å². The Balaban J connectivity index is 2.01. The monoisotopic (exact) mass is 403 g/mol. The average Bonchev–Trinajstić information content (AvgIpc) is 3.09. The molecule has 6 nitrogen and oxygen atoms in total. The Labute approximate surface area is 164 Å². The van der Waals surface area contributed by atoms with Gasteiger partial charge < -0.3 is 19.3 Å². The molecule has 0 aliphatic heterocycles. The largest absolute Gasteiger partial charge is 0.496 e. The fourth-order valence-corrected chi connectivity index (χ4v) is 4.44. The third kappa shape index (κ3) is 4.17. The molecule has 3 aromatic rings. The first-order chi connectivity index (χ1) is 13.0. The van der Waals surface area contributed by atoms with Crippen LogP contribution in [0.25, 0.3) is 16.3 Å². The van der Waals surface area contributed by atoms with Crippen molar-refractivity contribution in [2.75, 3.05) is 21.3 Å². The minimum atomic E-state index is -1.05. The van der Waals surface area contributed by atoms with E-state index in [1.165, 1.54) is 32.7 Å². The standard InChI is InChI=1S/C19H17NO5S2/c1-23-13-10-15(25-3)14(24-2)8-11(13)9-17(18(21)22)27-19-20-12-6-4-5-7-16(12)26-19/h4-10H,1-3H3,(H,21,22)/b17-9+. The number of hydrogen-bond donors (Lipinski definition) is 1. The van der Waals surface area contributed by atoms with Gasteiger partial charge in [0.05, 0.1) is 31.5 Å². The van der Waals surface area contributed by atoms with E-state index in [4.69, 9.17) is 14.2 Å². The van der Waals surface area contributed by atoms with E-state index in [0.717, 1.165) is 22.0 Å². The van der Waals surface area contributed by atoms with Crippen molar-refractivity contribution in [1.29, 1.82) is 0 Å². The third-order valence-corrected chi connectivity index (χ3v) is 5.81. The van der Waals surface area contributed by atoms with Crippen LogP contribution < -0.4 is 14.2 Å². The highest BCUT2D eigenvalue weighted by molar-refractivity contribution is 8.05. The highest BCUT2D eigenvalue weighted by Crippen LogP contribution is 2.39. The Morgan fingerprint density at radius 1 is 1.07 bits per heavy atom. The quantitative estimate of drug-likeness (QED) is 0.458. The third-order valence-electron chi connectivity index (χ3n) is 3.70. The normalized spacial score (nSPS) is 11.4. The smallest absolute Gasteiger partial charge is 0.342 e. The number of hydrogen-bond acceptors (Lipinski definition) is 7. The van der Waals surface area contributed by atoms with Gasteiger partial charge in [-0.25, -0.2) is 9.78 Å². The number of carboxylic acids is 1. The molecule has 0 atom stereocenters. The first kappa shape index (κ1) is 19.1. The lowest BCUT2D eigenvalue weighted by molar-refractivity contribution is -0.131. The summed E-state index contributed by atoms with van der Waals surface area (Å²) >= 11 is 2.55. The van der Waals surface area contributed by atoms with Crippen LogP contribution in [0.5, 0.6) is 17.2 Å². The van der Waals surface area contributed by atoms with Crippen molar-refractivity contribution >= 4 is 45.4 Å². The van der Waals surface area contributed by atoms with E-state index in [9.17, 15) is 9.90 Å². The summed E-state index contributed by atoms with van der Waals surface area (Å²) in [6, 6.07) is 11.0. The summed E-state index contributed by atoms with van der Waals surface area (Å²) in [5.74, 6) is 0.425. The van der Waals surface area contributed by atoms with Gasteiger partial charge in [-0.15, -0.1) is 11.3 Å². The van der Waals surface area contributed by atoms with Gasteiger partial charge in [-0.05, 0) is 24.3 Å². The van der Waals surface area contributed by atoms with Crippen LogP contribution in [0.1, 0.15) is 5.56 Å². The van der Waals surface area contributed by atoms with Crippen molar-refractivity contribution in [1.82, 2.24) is 4.98 Å². The Morgan fingerprint density at radius 2 is 1.74 bits per heavy atom. The predicted octanol–water partition coefficient (Wildman–Crippen LogP) is 4.54. The Morgan fingerprint density at radius 3 is 2.37 bits per heavy atom. The van der Waals surface area contributed by atoms with Crippen LogP contribution in [0.2, 0.25) is 0 Å². The second-order valence-electron chi connectivity index (χ2n) is 5.31. The maximum Gasteiger partial charge on any atom is 0.342 e. The summed E-state index contributed by atoms with van der Waals surface area (Å²) in [6.45, 7) is 0. The second-order valence-corrected chi connectivity index (χ2v) is 7.63.